The maximum absolute atomic E-state index is 4.36. The highest BCUT2D eigenvalue weighted by Crippen LogP contribution is 2.08. The zero-order valence-corrected chi connectivity index (χ0v) is 8.94. The zero-order valence-electron chi connectivity index (χ0n) is 8.94. The number of anilines is 1. The van der Waals surface area contributed by atoms with Crippen molar-refractivity contribution >= 4 is 17.0 Å². The van der Waals surface area contributed by atoms with Gasteiger partial charge in [-0.1, -0.05) is 26.0 Å². The van der Waals surface area contributed by atoms with Crippen molar-refractivity contribution in [1.82, 2.24) is 15.2 Å². The molecule has 4 nitrogen and oxygen atoms in total. The molecule has 0 aliphatic carbocycles. The second-order valence-corrected chi connectivity index (χ2v) is 3.90. The lowest BCUT2D eigenvalue weighted by atomic mass is 10.2. The molecule has 0 saturated carbocycles. The van der Waals surface area contributed by atoms with Crippen molar-refractivity contribution in [3.05, 3.63) is 24.3 Å². The summed E-state index contributed by atoms with van der Waals surface area (Å²) in [6.45, 7) is 5.14. The molecular formula is C11H14N4. The molecule has 2 rings (SSSR count). The summed E-state index contributed by atoms with van der Waals surface area (Å²) in [7, 11) is 0. The molecule has 1 N–H and O–H groups in total. The Labute approximate surface area is 88.8 Å². The lowest BCUT2D eigenvalue weighted by Crippen LogP contribution is -2.11. The van der Waals surface area contributed by atoms with E-state index in [9.17, 15) is 0 Å². The van der Waals surface area contributed by atoms with Crippen molar-refractivity contribution in [3.8, 4) is 0 Å². The van der Waals surface area contributed by atoms with Gasteiger partial charge in [0.2, 0.25) is 5.95 Å². The summed E-state index contributed by atoms with van der Waals surface area (Å²) in [6, 6.07) is 7.72. The maximum atomic E-state index is 4.36. The first-order valence-electron chi connectivity index (χ1n) is 5.09. The molecule has 0 aliphatic heterocycles. The highest BCUT2D eigenvalue weighted by molar-refractivity contribution is 5.73. The fourth-order valence-electron chi connectivity index (χ4n) is 1.25. The summed E-state index contributed by atoms with van der Waals surface area (Å²) in [6.07, 6.45) is 0. The Morgan fingerprint density at radius 1 is 1.13 bits per heavy atom. The predicted octanol–water partition coefficient (Wildman–Crippen LogP) is 2.09. The second kappa shape index (κ2) is 4.21. The van der Waals surface area contributed by atoms with Gasteiger partial charge in [0, 0.05) is 6.54 Å². The maximum Gasteiger partial charge on any atom is 0.243 e. The molecular weight excluding hydrogens is 188 g/mol. The van der Waals surface area contributed by atoms with Gasteiger partial charge in [-0.3, -0.25) is 0 Å². The molecule has 0 unspecified atom stereocenters. The largest absolute Gasteiger partial charge is 0.353 e. The molecule has 0 radical (unpaired) electrons. The van der Waals surface area contributed by atoms with E-state index in [-0.39, 0.29) is 0 Å². The summed E-state index contributed by atoms with van der Waals surface area (Å²) in [4.78, 5) is 4.36. The van der Waals surface area contributed by atoms with Gasteiger partial charge in [0.1, 0.15) is 5.52 Å². The Hall–Kier alpha value is -1.71. The van der Waals surface area contributed by atoms with Crippen LogP contribution in [0.1, 0.15) is 13.8 Å². The first-order chi connectivity index (χ1) is 7.25. The lowest BCUT2D eigenvalue weighted by molar-refractivity contribution is 0.683. The number of nitrogens with zero attached hydrogens (tertiary/aromatic N) is 3. The molecule has 1 aromatic heterocycles. The molecule has 0 bridgehead atoms. The van der Waals surface area contributed by atoms with Crippen molar-refractivity contribution in [2.24, 2.45) is 5.92 Å². The summed E-state index contributed by atoms with van der Waals surface area (Å²) < 4.78 is 0. The smallest absolute Gasteiger partial charge is 0.243 e. The molecule has 2 aromatic rings. The van der Waals surface area contributed by atoms with Crippen molar-refractivity contribution in [1.29, 1.82) is 0 Å². The van der Waals surface area contributed by atoms with Crippen molar-refractivity contribution < 1.29 is 0 Å². The minimum absolute atomic E-state index is 0.570. The Kier molecular flexibility index (Phi) is 2.76. The number of hydrogen-bond donors (Lipinski definition) is 1. The van der Waals surface area contributed by atoms with Gasteiger partial charge in [0.25, 0.3) is 0 Å². The second-order valence-electron chi connectivity index (χ2n) is 3.90. The van der Waals surface area contributed by atoms with E-state index < -0.39 is 0 Å². The van der Waals surface area contributed by atoms with Gasteiger partial charge in [-0.15, -0.1) is 10.2 Å². The van der Waals surface area contributed by atoms with Gasteiger partial charge in [0.05, 0.1) is 5.52 Å². The number of fused-ring (bicyclic) bond motifs is 1. The van der Waals surface area contributed by atoms with Gasteiger partial charge >= 0.3 is 0 Å². The van der Waals surface area contributed by atoms with E-state index in [1.54, 1.807) is 0 Å². The normalized spacial score (nSPS) is 10.9. The summed E-state index contributed by atoms with van der Waals surface area (Å²) in [5, 5.41) is 11.2. The monoisotopic (exact) mass is 202 g/mol. The number of benzene rings is 1. The first kappa shape index (κ1) is 9.83. The van der Waals surface area contributed by atoms with Crippen LogP contribution in [0.3, 0.4) is 0 Å². The van der Waals surface area contributed by atoms with E-state index in [2.05, 4.69) is 34.3 Å². The number of nitrogens with one attached hydrogen (secondary N) is 1. The van der Waals surface area contributed by atoms with Crippen LogP contribution in [-0.4, -0.2) is 21.7 Å². The third-order valence-electron chi connectivity index (χ3n) is 2.03. The molecule has 0 spiro atoms. The third kappa shape index (κ3) is 2.40. The molecule has 0 aliphatic rings. The Morgan fingerprint density at radius 2 is 1.87 bits per heavy atom. The average molecular weight is 202 g/mol. The van der Waals surface area contributed by atoms with Crippen LogP contribution in [-0.2, 0) is 0 Å². The van der Waals surface area contributed by atoms with E-state index in [0.717, 1.165) is 17.6 Å². The topological polar surface area (TPSA) is 50.7 Å². The molecule has 1 aromatic carbocycles. The van der Waals surface area contributed by atoms with Crippen molar-refractivity contribution in [3.63, 3.8) is 0 Å². The highest BCUT2D eigenvalue weighted by atomic mass is 15.2. The number of para-hydroxylation sites is 1. The van der Waals surface area contributed by atoms with E-state index in [0.29, 0.717) is 11.9 Å². The molecule has 0 saturated heterocycles. The Bertz CT molecular complexity index is 453. The minimum atomic E-state index is 0.570. The quantitative estimate of drug-likeness (QED) is 0.828. The van der Waals surface area contributed by atoms with Gasteiger partial charge < -0.3 is 5.32 Å². The summed E-state index contributed by atoms with van der Waals surface area (Å²) >= 11 is 0. The standard InChI is InChI=1S/C11H14N4/c1-8(2)7-12-11-13-9-5-3-4-6-10(9)14-15-11/h3-6,8H,7H2,1-2H3,(H,12,13,15). The lowest BCUT2D eigenvalue weighted by Gasteiger charge is -2.06. The average Bonchev–Trinajstić information content (AvgIpc) is 2.26. The van der Waals surface area contributed by atoms with Crippen LogP contribution in [0, 0.1) is 5.92 Å². The van der Waals surface area contributed by atoms with E-state index in [1.165, 1.54) is 0 Å². The van der Waals surface area contributed by atoms with Gasteiger partial charge in [-0.05, 0) is 18.1 Å². The van der Waals surface area contributed by atoms with Gasteiger partial charge in [-0.25, -0.2) is 4.98 Å². The van der Waals surface area contributed by atoms with Gasteiger partial charge in [0.15, 0.2) is 0 Å². The van der Waals surface area contributed by atoms with Crippen LogP contribution in [0.25, 0.3) is 11.0 Å². The van der Waals surface area contributed by atoms with Crippen LogP contribution in [0.4, 0.5) is 5.95 Å². The Balaban J connectivity index is 2.23. The molecule has 1 heterocycles. The fourth-order valence-corrected chi connectivity index (χ4v) is 1.25. The van der Waals surface area contributed by atoms with Crippen LogP contribution in [0.2, 0.25) is 0 Å². The predicted molar refractivity (Wildman–Crippen MR) is 60.7 cm³/mol. The van der Waals surface area contributed by atoms with E-state index >= 15 is 0 Å². The van der Waals surface area contributed by atoms with Crippen LogP contribution in [0.5, 0.6) is 0 Å². The van der Waals surface area contributed by atoms with E-state index in [4.69, 9.17) is 0 Å². The minimum Gasteiger partial charge on any atom is -0.353 e. The van der Waals surface area contributed by atoms with E-state index in [1.807, 2.05) is 24.3 Å². The molecule has 0 atom stereocenters. The zero-order chi connectivity index (χ0) is 10.7. The number of aromatic nitrogens is 3. The van der Waals surface area contributed by atoms with Crippen molar-refractivity contribution in [2.75, 3.05) is 11.9 Å². The summed E-state index contributed by atoms with van der Waals surface area (Å²) in [5.41, 5.74) is 1.70. The molecule has 78 valence electrons. The molecule has 4 heteroatoms. The van der Waals surface area contributed by atoms with Gasteiger partial charge in [-0.2, -0.15) is 0 Å². The fraction of sp³-hybridized carbons (Fsp3) is 0.364. The van der Waals surface area contributed by atoms with Crippen LogP contribution >= 0.6 is 0 Å². The number of hydrogen-bond acceptors (Lipinski definition) is 4. The van der Waals surface area contributed by atoms with Crippen molar-refractivity contribution in [2.45, 2.75) is 13.8 Å². The first-order valence-corrected chi connectivity index (χ1v) is 5.09. The highest BCUT2D eigenvalue weighted by Gasteiger charge is 2.00. The number of rotatable bonds is 3. The molecule has 15 heavy (non-hydrogen) atoms. The molecule has 0 amide bonds. The molecule has 0 fully saturated rings. The third-order valence-corrected chi connectivity index (χ3v) is 2.03. The van der Waals surface area contributed by atoms with Crippen LogP contribution < -0.4 is 5.32 Å². The Morgan fingerprint density at radius 3 is 2.60 bits per heavy atom. The summed E-state index contributed by atoms with van der Waals surface area (Å²) in [5.74, 6) is 1.17. The SMILES string of the molecule is CC(C)CNc1nnc2ccccc2n1. The van der Waals surface area contributed by atoms with Crippen LogP contribution in [0.15, 0.2) is 24.3 Å².